The van der Waals surface area contributed by atoms with Crippen LogP contribution in [0.2, 0.25) is 0 Å². The van der Waals surface area contributed by atoms with Gasteiger partial charge in [0.05, 0.1) is 0 Å². The number of aryl methyl sites for hydroxylation is 4. The lowest BCUT2D eigenvalue weighted by atomic mass is 9.91. The van der Waals surface area contributed by atoms with Crippen molar-refractivity contribution in [2.75, 3.05) is 0 Å². The molecule has 0 saturated heterocycles. The van der Waals surface area contributed by atoms with Gasteiger partial charge in [0.15, 0.2) is 0 Å². The molecule has 1 aliphatic rings. The first-order chi connectivity index (χ1) is 17.7. The molecule has 8 heteroatoms. The average Bonchev–Trinajstić information content (AvgIpc) is 3.39. The van der Waals surface area contributed by atoms with Gasteiger partial charge in [0.25, 0.3) is 0 Å². The van der Waals surface area contributed by atoms with Crippen molar-refractivity contribution in [3.05, 3.63) is 92.2 Å². The van der Waals surface area contributed by atoms with Crippen LogP contribution in [-0.2, 0) is 0 Å². The number of hydrogen-bond donors (Lipinski definition) is 0. The summed E-state index contributed by atoms with van der Waals surface area (Å²) in [4.78, 5) is 1.68. The second-order valence-corrected chi connectivity index (χ2v) is 12.3. The Morgan fingerprint density at radius 2 is 1.08 bits per heavy atom. The molecule has 198 valence electrons. The molecule has 0 aliphatic heterocycles. The van der Waals surface area contributed by atoms with E-state index in [0.717, 1.165) is 33.8 Å². The molecule has 0 nitrogen and oxygen atoms in total. The van der Waals surface area contributed by atoms with Gasteiger partial charge in [-0.3, -0.25) is 0 Å². The maximum absolute atomic E-state index is 15.6. The van der Waals surface area contributed by atoms with E-state index in [1.54, 1.807) is 24.3 Å². The zero-order chi connectivity index (χ0) is 27.8. The SMILES string of the molecule is Cc1ccc(-c2cc(C3=C(c4c(C)sc(-c5ccc(C)cc5)c4C)C(F)(F)C(F)(F)C3(F)F)c(C)s2)cc1. The minimum absolute atomic E-state index is 0.232. The molecule has 0 fully saturated rings. The van der Waals surface area contributed by atoms with Crippen LogP contribution in [0.25, 0.3) is 32.0 Å². The molecule has 1 aliphatic carbocycles. The van der Waals surface area contributed by atoms with E-state index in [1.165, 1.54) is 26.8 Å². The molecule has 4 aromatic rings. The largest absolute Gasteiger partial charge is 0.380 e. The standard InChI is InChI=1S/C30H24F6S2/c1-15-6-10-20(11-7-15)23-14-22(18(4)37-23)25-26(29(33,34)30(35,36)28(25,31)32)24-17(3)27(38-19(24)5)21-12-8-16(2)9-13-21/h6-14H,1-5H3. The van der Waals surface area contributed by atoms with Gasteiger partial charge >= 0.3 is 17.8 Å². The van der Waals surface area contributed by atoms with Crippen molar-refractivity contribution < 1.29 is 26.3 Å². The van der Waals surface area contributed by atoms with Gasteiger partial charge in [-0.2, -0.15) is 26.3 Å². The molecule has 38 heavy (non-hydrogen) atoms. The molecule has 2 aromatic heterocycles. The van der Waals surface area contributed by atoms with Crippen molar-refractivity contribution >= 4 is 33.8 Å². The molecule has 0 radical (unpaired) electrons. The highest BCUT2D eigenvalue weighted by molar-refractivity contribution is 7.16. The third kappa shape index (κ3) is 3.79. The van der Waals surface area contributed by atoms with Crippen LogP contribution in [0.3, 0.4) is 0 Å². The van der Waals surface area contributed by atoms with Gasteiger partial charge in [0.1, 0.15) is 0 Å². The second-order valence-electron chi connectivity index (χ2n) is 9.77. The summed E-state index contributed by atoms with van der Waals surface area (Å²) in [5.41, 5.74) is 0.584. The molecule has 0 amide bonds. The van der Waals surface area contributed by atoms with Crippen LogP contribution >= 0.6 is 22.7 Å². The molecule has 0 bridgehead atoms. The summed E-state index contributed by atoms with van der Waals surface area (Å²) in [6.07, 6.45) is 0. The Morgan fingerprint density at radius 1 is 0.579 bits per heavy atom. The number of allylic oxidation sites excluding steroid dienone is 2. The highest BCUT2D eigenvalue weighted by Gasteiger charge is 2.80. The van der Waals surface area contributed by atoms with E-state index in [0.29, 0.717) is 20.9 Å². The summed E-state index contributed by atoms with van der Waals surface area (Å²) < 4.78 is 92.1. The first-order valence-electron chi connectivity index (χ1n) is 11.9. The Balaban J connectivity index is 1.80. The smallest absolute Gasteiger partial charge is 0.194 e. The van der Waals surface area contributed by atoms with Crippen LogP contribution in [0, 0.1) is 34.6 Å². The first kappa shape index (κ1) is 26.8. The van der Waals surface area contributed by atoms with Crippen molar-refractivity contribution in [3.63, 3.8) is 0 Å². The molecule has 0 N–H and O–H groups in total. The van der Waals surface area contributed by atoms with Crippen LogP contribution in [0.4, 0.5) is 26.3 Å². The highest BCUT2D eigenvalue weighted by Crippen LogP contribution is 2.66. The Kier molecular flexibility index (Phi) is 6.23. The summed E-state index contributed by atoms with van der Waals surface area (Å²) >= 11 is 2.25. The van der Waals surface area contributed by atoms with E-state index in [4.69, 9.17) is 0 Å². The Hall–Kier alpha value is -2.84. The van der Waals surface area contributed by atoms with Gasteiger partial charge in [0.2, 0.25) is 0 Å². The Morgan fingerprint density at radius 3 is 1.63 bits per heavy atom. The van der Waals surface area contributed by atoms with Crippen LogP contribution in [0.15, 0.2) is 54.6 Å². The average molecular weight is 563 g/mol. The fraction of sp³-hybridized carbons (Fsp3) is 0.267. The van der Waals surface area contributed by atoms with E-state index in [2.05, 4.69) is 0 Å². The molecule has 2 heterocycles. The molecular weight excluding hydrogens is 538 g/mol. The highest BCUT2D eigenvalue weighted by atomic mass is 32.1. The van der Waals surface area contributed by atoms with Gasteiger partial charge in [-0.1, -0.05) is 59.7 Å². The minimum atomic E-state index is -5.59. The summed E-state index contributed by atoms with van der Waals surface area (Å²) in [6.45, 7) is 8.33. The molecule has 2 aromatic carbocycles. The van der Waals surface area contributed by atoms with E-state index in [1.807, 2.05) is 38.1 Å². The number of rotatable bonds is 4. The monoisotopic (exact) mass is 562 g/mol. The van der Waals surface area contributed by atoms with Crippen molar-refractivity contribution in [1.82, 2.24) is 0 Å². The fourth-order valence-corrected chi connectivity index (χ4v) is 7.21. The number of thiophene rings is 2. The van der Waals surface area contributed by atoms with Crippen molar-refractivity contribution in [3.8, 4) is 20.9 Å². The molecule has 0 unspecified atom stereocenters. The summed E-state index contributed by atoms with van der Waals surface area (Å²) in [7, 11) is 0. The Labute approximate surface area is 225 Å². The van der Waals surface area contributed by atoms with E-state index in [9.17, 15) is 8.78 Å². The van der Waals surface area contributed by atoms with Gasteiger partial charge in [0, 0.05) is 36.2 Å². The zero-order valence-corrected chi connectivity index (χ0v) is 22.9. The number of halogens is 6. The van der Waals surface area contributed by atoms with Gasteiger partial charge in [-0.25, -0.2) is 0 Å². The number of alkyl halides is 6. The van der Waals surface area contributed by atoms with Gasteiger partial charge in [-0.15, -0.1) is 22.7 Å². The maximum atomic E-state index is 15.6. The summed E-state index contributed by atoms with van der Waals surface area (Å²) in [5, 5.41) is 0. The fourth-order valence-electron chi connectivity index (χ4n) is 5.00. The van der Waals surface area contributed by atoms with Crippen molar-refractivity contribution in [2.45, 2.75) is 52.4 Å². The quantitative estimate of drug-likeness (QED) is 0.217. The van der Waals surface area contributed by atoms with E-state index in [-0.39, 0.29) is 26.4 Å². The van der Waals surface area contributed by atoms with Crippen molar-refractivity contribution in [2.24, 2.45) is 0 Å². The normalized spacial score (nSPS) is 17.9. The van der Waals surface area contributed by atoms with Gasteiger partial charge in [-0.05, 0) is 62.9 Å². The molecule has 0 saturated carbocycles. The third-order valence-corrected chi connectivity index (χ3v) is 9.43. The topological polar surface area (TPSA) is 0 Å². The summed E-state index contributed by atoms with van der Waals surface area (Å²) in [5.74, 6) is -15.7. The van der Waals surface area contributed by atoms with Crippen LogP contribution in [-0.4, -0.2) is 17.8 Å². The molecular formula is C30H24F6S2. The number of hydrogen-bond acceptors (Lipinski definition) is 2. The molecule has 0 atom stereocenters. The predicted molar refractivity (Wildman–Crippen MR) is 145 cm³/mol. The second kappa shape index (κ2) is 8.85. The molecule has 5 rings (SSSR count). The maximum Gasteiger partial charge on any atom is 0.380 e. The van der Waals surface area contributed by atoms with Crippen LogP contribution in [0.1, 0.15) is 37.6 Å². The Bertz CT molecular complexity index is 1570. The van der Waals surface area contributed by atoms with Gasteiger partial charge < -0.3 is 0 Å². The van der Waals surface area contributed by atoms with Crippen molar-refractivity contribution in [1.29, 1.82) is 0 Å². The van der Waals surface area contributed by atoms with Crippen LogP contribution < -0.4 is 0 Å². The lowest BCUT2D eigenvalue weighted by molar-refractivity contribution is -0.254. The zero-order valence-electron chi connectivity index (χ0n) is 21.3. The predicted octanol–water partition coefficient (Wildman–Crippen LogP) is 10.5. The number of benzene rings is 2. The summed E-state index contributed by atoms with van der Waals surface area (Å²) in [6, 6.07) is 15.9. The minimum Gasteiger partial charge on any atom is -0.194 e. The first-order valence-corrected chi connectivity index (χ1v) is 13.6. The molecule has 0 spiro atoms. The lowest BCUT2D eigenvalue weighted by Crippen LogP contribution is -2.49. The third-order valence-electron chi connectivity index (χ3n) is 7.08. The van der Waals surface area contributed by atoms with Crippen LogP contribution in [0.5, 0.6) is 0 Å². The lowest BCUT2D eigenvalue weighted by Gasteiger charge is -2.26. The van der Waals surface area contributed by atoms with E-state index >= 15 is 17.6 Å². The van der Waals surface area contributed by atoms with E-state index < -0.39 is 28.9 Å².